The third-order valence-corrected chi connectivity index (χ3v) is 3.90. The van der Waals surface area contributed by atoms with Gasteiger partial charge in [0, 0.05) is 13.1 Å². The maximum absolute atomic E-state index is 10.9. The molecule has 0 spiro atoms. The smallest absolute Gasteiger partial charge is 0.316 e. The Kier molecular flexibility index (Phi) is 6.02. The lowest BCUT2D eigenvalue weighted by atomic mass is 10.2. The number of esters is 1. The van der Waals surface area contributed by atoms with E-state index in [9.17, 15) is 4.79 Å². The van der Waals surface area contributed by atoms with Crippen LogP contribution in [0.4, 0.5) is 0 Å². The first-order valence-electron chi connectivity index (χ1n) is 5.22. The Morgan fingerprint density at radius 3 is 2.47 bits per heavy atom. The van der Waals surface area contributed by atoms with Crippen molar-refractivity contribution in [1.29, 1.82) is 0 Å². The second kappa shape index (κ2) is 7.06. The first-order valence-corrected chi connectivity index (χ1v) is 6.62. The number of methoxy groups -OCH3 is 1. The summed E-state index contributed by atoms with van der Waals surface area (Å²) in [6.07, 6.45) is 5.00. The fraction of sp³-hybridized carbons (Fsp3) is 0.800. The highest BCUT2D eigenvalue weighted by atomic mass is 32.2. The minimum atomic E-state index is -0.211. The quantitative estimate of drug-likeness (QED) is 0.550. The molecule has 0 aromatic carbocycles. The van der Waals surface area contributed by atoms with Crippen molar-refractivity contribution in [2.45, 2.75) is 25.7 Å². The first-order chi connectivity index (χ1) is 7.24. The van der Waals surface area contributed by atoms with Gasteiger partial charge in [-0.1, -0.05) is 36.8 Å². The molecule has 0 radical (unpaired) electrons. The summed E-state index contributed by atoms with van der Waals surface area (Å²) in [7, 11) is 1.40. The van der Waals surface area contributed by atoms with E-state index < -0.39 is 0 Å². The fourth-order valence-corrected chi connectivity index (χ4v) is 2.61. The predicted molar refractivity (Wildman–Crippen MR) is 67.1 cm³/mol. The average molecular weight is 247 g/mol. The Bertz CT molecular complexity index is 225. The van der Waals surface area contributed by atoms with Crippen LogP contribution in [-0.4, -0.2) is 41.1 Å². The maximum atomic E-state index is 10.9. The molecule has 0 N–H and O–H groups in total. The van der Waals surface area contributed by atoms with Crippen molar-refractivity contribution >= 4 is 34.3 Å². The van der Waals surface area contributed by atoms with E-state index >= 15 is 0 Å². The van der Waals surface area contributed by atoms with E-state index in [1.54, 1.807) is 0 Å². The van der Waals surface area contributed by atoms with Crippen molar-refractivity contribution in [3.63, 3.8) is 0 Å². The zero-order valence-corrected chi connectivity index (χ0v) is 10.7. The highest BCUT2D eigenvalue weighted by molar-refractivity contribution is 8.23. The van der Waals surface area contributed by atoms with Crippen molar-refractivity contribution in [2.75, 3.05) is 26.0 Å². The van der Waals surface area contributed by atoms with Gasteiger partial charge in [0.05, 0.1) is 12.9 Å². The maximum Gasteiger partial charge on any atom is 0.316 e. The summed E-state index contributed by atoms with van der Waals surface area (Å²) in [5.41, 5.74) is 0. The zero-order chi connectivity index (χ0) is 11.1. The average Bonchev–Trinajstić information content (AvgIpc) is 2.53. The fourth-order valence-electron chi connectivity index (χ4n) is 1.52. The molecule has 0 aromatic heterocycles. The van der Waals surface area contributed by atoms with E-state index in [-0.39, 0.29) is 5.97 Å². The molecule has 1 heterocycles. The summed E-state index contributed by atoms with van der Waals surface area (Å²) < 4.78 is 5.41. The number of thiocarbonyl (C=S) groups is 1. The lowest BCUT2D eigenvalue weighted by molar-refractivity contribution is -0.137. The minimum absolute atomic E-state index is 0.211. The van der Waals surface area contributed by atoms with Gasteiger partial charge < -0.3 is 9.64 Å². The summed E-state index contributed by atoms with van der Waals surface area (Å²) in [6.45, 7) is 2.07. The van der Waals surface area contributed by atoms with Crippen molar-refractivity contribution in [2.24, 2.45) is 0 Å². The van der Waals surface area contributed by atoms with E-state index in [1.165, 1.54) is 44.6 Å². The van der Waals surface area contributed by atoms with E-state index in [4.69, 9.17) is 12.2 Å². The second-order valence-electron chi connectivity index (χ2n) is 3.53. The predicted octanol–water partition coefficient (Wildman–Crippen LogP) is 2.05. The van der Waals surface area contributed by atoms with Gasteiger partial charge in [0.1, 0.15) is 4.32 Å². The molecule has 86 valence electrons. The molecule has 3 nitrogen and oxygen atoms in total. The summed E-state index contributed by atoms with van der Waals surface area (Å²) in [5.74, 6) is 0.114. The Morgan fingerprint density at radius 2 is 1.93 bits per heavy atom. The van der Waals surface area contributed by atoms with E-state index in [2.05, 4.69) is 9.64 Å². The van der Waals surface area contributed by atoms with Crippen LogP contribution in [0.25, 0.3) is 0 Å². The minimum Gasteiger partial charge on any atom is -0.468 e. The molecule has 15 heavy (non-hydrogen) atoms. The number of hydrogen-bond acceptors (Lipinski definition) is 4. The topological polar surface area (TPSA) is 29.5 Å². The molecule has 1 rings (SSSR count). The number of rotatable bonds is 2. The van der Waals surface area contributed by atoms with Crippen LogP contribution in [0.5, 0.6) is 0 Å². The summed E-state index contributed by atoms with van der Waals surface area (Å²) >= 11 is 6.69. The van der Waals surface area contributed by atoms with E-state index in [0.717, 1.165) is 17.4 Å². The molecule has 0 aliphatic carbocycles. The van der Waals surface area contributed by atoms with E-state index in [0.29, 0.717) is 5.75 Å². The molecule has 0 amide bonds. The largest absolute Gasteiger partial charge is 0.468 e. The normalized spacial score (nSPS) is 17.0. The summed E-state index contributed by atoms with van der Waals surface area (Å²) in [5, 5.41) is 0. The Morgan fingerprint density at radius 1 is 1.33 bits per heavy atom. The number of ether oxygens (including phenoxy) is 1. The van der Waals surface area contributed by atoms with Gasteiger partial charge in [-0.25, -0.2) is 0 Å². The Labute approximate surface area is 101 Å². The van der Waals surface area contributed by atoms with Crippen molar-refractivity contribution < 1.29 is 9.53 Å². The number of carbonyl (C=O) groups excluding carboxylic acids is 1. The van der Waals surface area contributed by atoms with E-state index in [1.807, 2.05) is 0 Å². The Hall–Kier alpha value is -0.290. The van der Waals surface area contributed by atoms with Crippen LogP contribution in [0.15, 0.2) is 0 Å². The lowest BCUT2D eigenvalue weighted by Gasteiger charge is -2.22. The molecule has 1 fully saturated rings. The van der Waals surface area contributed by atoms with Gasteiger partial charge in [-0.05, 0) is 12.8 Å². The van der Waals surface area contributed by atoms with Crippen LogP contribution in [0.3, 0.4) is 0 Å². The van der Waals surface area contributed by atoms with Crippen LogP contribution < -0.4 is 0 Å². The molecule has 1 aliphatic rings. The number of likely N-dealkylation sites (tertiary alicyclic amines) is 1. The van der Waals surface area contributed by atoms with Crippen LogP contribution in [-0.2, 0) is 9.53 Å². The number of thioether (sulfide) groups is 1. The highest BCUT2D eigenvalue weighted by Gasteiger charge is 2.13. The molecule has 1 aliphatic heterocycles. The van der Waals surface area contributed by atoms with Crippen LogP contribution >= 0.6 is 24.0 Å². The van der Waals surface area contributed by atoms with Crippen molar-refractivity contribution in [3.8, 4) is 0 Å². The second-order valence-corrected chi connectivity index (χ2v) is 5.14. The van der Waals surface area contributed by atoms with Gasteiger partial charge in [-0.3, -0.25) is 4.79 Å². The van der Waals surface area contributed by atoms with Crippen LogP contribution in [0.2, 0.25) is 0 Å². The first kappa shape index (κ1) is 12.8. The third-order valence-electron chi connectivity index (χ3n) is 2.41. The number of hydrogen-bond donors (Lipinski definition) is 0. The molecule has 5 heteroatoms. The van der Waals surface area contributed by atoms with Gasteiger partial charge in [0.15, 0.2) is 0 Å². The van der Waals surface area contributed by atoms with Gasteiger partial charge >= 0.3 is 5.97 Å². The monoisotopic (exact) mass is 247 g/mol. The Balaban J connectivity index is 2.28. The van der Waals surface area contributed by atoms with Crippen LogP contribution in [0, 0.1) is 0 Å². The molecule has 1 saturated heterocycles. The molecule has 0 bridgehead atoms. The highest BCUT2D eigenvalue weighted by Crippen LogP contribution is 2.16. The standard InChI is InChI=1S/C10H17NO2S2/c1-13-9(12)8-15-10(14)11-6-4-2-3-5-7-11/h2-8H2,1H3. The van der Waals surface area contributed by atoms with Crippen LogP contribution in [0.1, 0.15) is 25.7 Å². The molecule has 0 aromatic rings. The molecule has 0 saturated carbocycles. The molecule has 0 atom stereocenters. The van der Waals surface area contributed by atoms with Gasteiger partial charge in [-0.15, -0.1) is 0 Å². The number of nitrogens with zero attached hydrogens (tertiary/aromatic N) is 1. The SMILES string of the molecule is COC(=O)CSC(=S)N1CCCCCC1. The van der Waals surface area contributed by atoms with Gasteiger partial charge in [0.25, 0.3) is 0 Å². The third kappa shape index (κ3) is 4.84. The van der Waals surface area contributed by atoms with Crippen molar-refractivity contribution in [1.82, 2.24) is 4.90 Å². The summed E-state index contributed by atoms with van der Waals surface area (Å²) in [6, 6.07) is 0. The molecular formula is C10H17NO2S2. The van der Waals surface area contributed by atoms with Crippen molar-refractivity contribution in [3.05, 3.63) is 0 Å². The zero-order valence-electron chi connectivity index (χ0n) is 9.03. The van der Waals surface area contributed by atoms with Gasteiger partial charge in [0.2, 0.25) is 0 Å². The van der Waals surface area contributed by atoms with Gasteiger partial charge in [-0.2, -0.15) is 0 Å². The number of carbonyl (C=O) groups is 1. The lowest BCUT2D eigenvalue weighted by Crippen LogP contribution is -2.29. The molecular weight excluding hydrogens is 230 g/mol. The summed E-state index contributed by atoms with van der Waals surface area (Å²) in [4.78, 5) is 13.2. The molecule has 0 unspecified atom stereocenters.